The highest BCUT2D eigenvalue weighted by atomic mass is 35.5. The molecule has 1 unspecified atom stereocenters. The van der Waals surface area contributed by atoms with Crippen molar-refractivity contribution in [3.05, 3.63) is 29.0 Å². The van der Waals surface area contributed by atoms with Gasteiger partial charge in [0.2, 0.25) is 10.0 Å². The monoisotopic (exact) mass is 328 g/mol. The summed E-state index contributed by atoms with van der Waals surface area (Å²) < 4.78 is 39.5. The lowest BCUT2D eigenvalue weighted by Crippen LogP contribution is -2.38. The Balaban J connectivity index is 0.00000180. The van der Waals surface area contributed by atoms with Crippen molar-refractivity contribution in [2.45, 2.75) is 17.4 Å². The maximum Gasteiger partial charge on any atom is 0.247 e. The smallest absolute Gasteiger partial charge is 0.247 e. The number of sulfonamides is 1. The Bertz CT molecular complexity index is 527. The number of nitrogens with zero attached hydrogens (tertiary/aromatic N) is 1. The first-order chi connectivity index (χ1) is 8.44. The molecule has 0 bridgehead atoms. The van der Waals surface area contributed by atoms with Crippen LogP contribution in [0.25, 0.3) is 0 Å². The zero-order chi connectivity index (χ0) is 13.3. The van der Waals surface area contributed by atoms with Crippen LogP contribution in [0.3, 0.4) is 0 Å². The highest BCUT2D eigenvalue weighted by Gasteiger charge is 2.33. The number of hydrogen-bond donors (Lipinski definition) is 1. The van der Waals surface area contributed by atoms with E-state index in [9.17, 15) is 12.8 Å². The summed E-state index contributed by atoms with van der Waals surface area (Å²) in [5.74, 6) is -0.819. The molecule has 0 spiro atoms. The van der Waals surface area contributed by atoms with E-state index in [1.807, 2.05) is 0 Å². The van der Waals surface area contributed by atoms with Crippen LogP contribution in [0.15, 0.2) is 23.1 Å². The van der Waals surface area contributed by atoms with Crippen molar-refractivity contribution < 1.29 is 12.8 Å². The van der Waals surface area contributed by atoms with Crippen LogP contribution in [0.4, 0.5) is 4.39 Å². The van der Waals surface area contributed by atoms with Crippen molar-refractivity contribution in [2.24, 2.45) is 0 Å². The summed E-state index contributed by atoms with van der Waals surface area (Å²) in [7, 11) is -2.44. The van der Waals surface area contributed by atoms with Crippen LogP contribution < -0.4 is 5.32 Å². The van der Waals surface area contributed by atoms with E-state index in [4.69, 9.17) is 11.6 Å². The first kappa shape index (κ1) is 16.7. The summed E-state index contributed by atoms with van der Waals surface area (Å²) in [6, 6.07) is 3.69. The zero-order valence-electron chi connectivity index (χ0n) is 10.3. The number of nitrogens with one attached hydrogen (secondary N) is 1. The maximum absolute atomic E-state index is 13.7. The fraction of sp³-hybridized carbons (Fsp3) is 0.455. The molecule has 1 saturated heterocycles. The molecule has 4 nitrogen and oxygen atoms in total. The number of halogens is 3. The van der Waals surface area contributed by atoms with Gasteiger partial charge in [0.05, 0.1) is 5.02 Å². The molecule has 8 heteroatoms. The van der Waals surface area contributed by atoms with Crippen molar-refractivity contribution in [3.63, 3.8) is 0 Å². The van der Waals surface area contributed by atoms with Gasteiger partial charge in [0, 0.05) is 19.6 Å². The SMILES string of the molecule is CN(C1CCNC1)S(=O)(=O)c1c(F)cccc1Cl.Cl. The van der Waals surface area contributed by atoms with Gasteiger partial charge >= 0.3 is 0 Å². The average Bonchev–Trinajstić information content (AvgIpc) is 2.80. The van der Waals surface area contributed by atoms with E-state index in [-0.39, 0.29) is 23.5 Å². The highest BCUT2D eigenvalue weighted by Crippen LogP contribution is 2.28. The van der Waals surface area contributed by atoms with E-state index in [2.05, 4.69) is 5.32 Å². The van der Waals surface area contributed by atoms with E-state index in [0.717, 1.165) is 12.6 Å². The molecule has 1 aliphatic heterocycles. The molecule has 0 aliphatic carbocycles. The Morgan fingerprint density at radius 3 is 2.68 bits per heavy atom. The van der Waals surface area contributed by atoms with Gasteiger partial charge in [-0.15, -0.1) is 12.4 Å². The third-order valence-corrected chi connectivity index (χ3v) is 5.52. The van der Waals surface area contributed by atoms with Gasteiger partial charge < -0.3 is 5.32 Å². The van der Waals surface area contributed by atoms with Gasteiger partial charge in [-0.2, -0.15) is 4.31 Å². The molecule has 1 N–H and O–H groups in total. The molecular weight excluding hydrogens is 314 g/mol. The van der Waals surface area contributed by atoms with Gasteiger partial charge in [-0.3, -0.25) is 0 Å². The standard InChI is InChI=1S/C11H14ClFN2O2S.ClH/c1-15(8-5-6-14-7-8)18(16,17)11-9(12)3-2-4-10(11)13;/h2-4,8,14H,5-7H2,1H3;1H. The minimum Gasteiger partial charge on any atom is -0.315 e. The Kier molecular flexibility index (Phi) is 5.58. The fourth-order valence-corrected chi connectivity index (χ4v) is 3.96. The van der Waals surface area contributed by atoms with Crippen LogP contribution >= 0.6 is 24.0 Å². The number of likely N-dealkylation sites (N-methyl/N-ethyl adjacent to an activating group) is 1. The third kappa shape index (κ3) is 3.20. The second kappa shape index (κ2) is 6.37. The lowest BCUT2D eigenvalue weighted by molar-refractivity contribution is 0.385. The molecule has 19 heavy (non-hydrogen) atoms. The van der Waals surface area contributed by atoms with Crippen molar-refractivity contribution in [3.8, 4) is 0 Å². The van der Waals surface area contributed by atoms with Crippen LogP contribution in [0, 0.1) is 5.82 Å². The Morgan fingerprint density at radius 1 is 1.47 bits per heavy atom. The van der Waals surface area contributed by atoms with Gasteiger partial charge in [-0.1, -0.05) is 17.7 Å². The molecule has 1 aromatic rings. The number of benzene rings is 1. The number of hydrogen-bond acceptors (Lipinski definition) is 3. The molecule has 0 aromatic heterocycles. The van der Waals surface area contributed by atoms with Gasteiger partial charge in [-0.05, 0) is 25.1 Å². The molecule has 1 atom stereocenters. The van der Waals surface area contributed by atoms with Crippen molar-refractivity contribution in [1.82, 2.24) is 9.62 Å². The second-order valence-corrected chi connectivity index (χ2v) is 6.56. The van der Waals surface area contributed by atoms with Crippen LogP contribution in [-0.2, 0) is 10.0 Å². The van der Waals surface area contributed by atoms with Crippen LogP contribution in [0.5, 0.6) is 0 Å². The Labute approximate surface area is 123 Å². The molecule has 1 heterocycles. The van der Waals surface area contributed by atoms with E-state index in [1.165, 1.54) is 23.5 Å². The highest BCUT2D eigenvalue weighted by molar-refractivity contribution is 7.89. The van der Waals surface area contributed by atoms with E-state index in [0.29, 0.717) is 13.0 Å². The molecule has 0 saturated carbocycles. The first-order valence-corrected chi connectivity index (χ1v) is 7.39. The van der Waals surface area contributed by atoms with Gasteiger partial charge in [0.25, 0.3) is 0 Å². The summed E-state index contributed by atoms with van der Waals surface area (Å²) in [6.45, 7) is 1.33. The van der Waals surface area contributed by atoms with Crippen LogP contribution in [-0.4, -0.2) is 38.9 Å². The van der Waals surface area contributed by atoms with Gasteiger partial charge in [0.1, 0.15) is 10.7 Å². The summed E-state index contributed by atoms with van der Waals surface area (Å²) in [4.78, 5) is -0.443. The zero-order valence-corrected chi connectivity index (χ0v) is 12.7. The average molecular weight is 329 g/mol. The molecule has 0 amide bonds. The first-order valence-electron chi connectivity index (χ1n) is 5.57. The molecule has 108 valence electrons. The quantitative estimate of drug-likeness (QED) is 0.921. The Hall–Kier alpha value is -0.400. The van der Waals surface area contributed by atoms with E-state index < -0.39 is 20.7 Å². The summed E-state index contributed by atoms with van der Waals surface area (Å²) in [6.07, 6.45) is 0.710. The Morgan fingerprint density at radius 2 is 2.16 bits per heavy atom. The van der Waals surface area contributed by atoms with E-state index in [1.54, 1.807) is 0 Å². The summed E-state index contributed by atoms with van der Waals surface area (Å²) in [5, 5.41) is 2.98. The lowest BCUT2D eigenvalue weighted by atomic mass is 10.3. The van der Waals surface area contributed by atoms with Crippen molar-refractivity contribution in [1.29, 1.82) is 0 Å². The minimum absolute atomic E-state index is 0. The van der Waals surface area contributed by atoms with Gasteiger partial charge in [-0.25, -0.2) is 12.8 Å². The third-order valence-electron chi connectivity index (χ3n) is 3.10. The van der Waals surface area contributed by atoms with Crippen LogP contribution in [0.2, 0.25) is 5.02 Å². The molecule has 1 aromatic carbocycles. The van der Waals surface area contributed by atoms with Gasteiger partial charge in [0.15, 0.2) is 0 Å². The normalized spacial score (nSPS) is 19.5. The molecule has 0 radical (unpaired) electrons. The minimum atomic E-state index is -3.90. The largest absolute Gasteiger partial charge is 0.315 e. The topological polar surface area (TPSA) is 49.4 Å². The van der Waals surface area contributed by atoms with Crippen molar-refractivity contribution in [2.75, 3.05) is 20.1 Å². The molecule has 1 fully saturated rings. The number of rotatable bonds is 3. The second-order valence-electron chi connectivity index (χ2n) is 4.22. The van der Waals surface area contributed by atoms with E-state index >= 15 is 0 Å². The summed E-state index contributed by atoms with van der Waals surface area (Å²) >= 11 is 5.80. The molecule has 2 rings (SSSR count). The fourth-order valence-electron chi connectivity index (χ4n) is 2.02. The predicted octanol–water partition coefficient (Wildman–Crippen LogP) is 1.88. The molecule has 1 aliphatic rings. The summed E-state index contributed by atoms with van der Waals surface area (Å²) in [5.41, 5.74) is 0. The predicted molar refractivity (Wildman–Crippen MR) is 74.9 cm³/mol. The van der Waals surface area contributed by atoms with Crippen molar-refractivity contribution >= 4 is 34.0 Å². The van der Waals surface area contributed by atoms with Crippen LogP contribution in [0.1, 0.15) is 6.42 Å². The lowest BCUT2D eigenvalue weighted by Gasteiger charge is -2.23. The maximum atomic E-state index is 13.7. The molecular formula is C11H15Cl2FN2O2S.